The zero-order chi connectivity index (χ0) is 14.2. The average Bonchev–Trinajstić information content (AvgIpc) is 3.28. The fourth-order valence-corrected chi connectivity index (χ4v) is 2.85. The van der Waals surface area contributed by atoms with Crippen LogP contribution in [-0.4, -0.2) is 11.7 Å². The molecule has 0 bridgehead atoms. The largest absolute Gasteiger partial charge is 0.384 e. The Labute approximate surface area is 120 Å². The van der Waals surface area contributed by atoms with Gasteiger partial charge in [0.15, 0.2) is 0 Å². The smallest absolute Gasteiger partial charge is 0.104 e. The van der Waals surface area contributed by atoms with Gasteiger partial charge in [-0.05, 0) is 42.0 Å². The zero-order valence-corrected chi connectivity index (χ0v) is 11.8. The summed E-state index contributed by atoms with van der Waals surface area (Å²) >= 11 is 0. The third-order valence-electron chi connectivity index (χ3n) is 4.57. The maximum Gasteiger partial charge on any atom is 0.104 e. The summed E-state index contributed by atoms with van der Waals surface area (Å²) in [5.74, 6) is 0. The van der Waals surface area contributed by atoms with E-state index in [1.807, 2.05) is 43.3 Å². The van der Waals surface area contributed by atoms with Gasteiger partial charge in [0, 0.05) is 12.0 Å². The Morgan fingerprint density at radius 3 is 2.30 bits per heavy atom. The SMILES string of the molecule is Cc1ccccc1C(O)c1ccc(C2(CN)CC2)cc1. The van der Waals surface area contributed by atoms with Crippen molar-refractivity contribution < 1.29 is 5.11 Å². The van der Waals surface area contributed by atoms with E-state index in [1.165, 1.54) is 18.4 Å². The number of nitrogens with two attached hydrogens (primary N) is 1. The third-order valence-corrected chi connectivity index (χ3v) is 4.57. The van der Waals surface area contributed by atoms with Crippen LogP contribution in [0.15, 0.2) is 48.5 Å². The molecule has 0 spiro atoms. The van der Waals surface area contributed by atoms with Crippen LogP contribution >= 0.6 is 0 Å². The molecule has 2 nitrogen and oxygen atoms in total. The van der Waals surface area contributed by atoms with Crippen molar-refractivity contribution in [2.24, 2.45) is 5.73 Å². The second-order valence-corrected chi connectivity index (χ2v) is 5.87. The number of hydrogen-bond acceptors (Lipinski definition) is 2. The average molecular weight is 267 g/mol. The Hall–Kier alpha value is -1.64. The topological polar surface area (TPSA) is 46.2 Å². The Bertz CT molecular complexity index is 599. The van der Waals surface area contributed by atoms with E-state index in [0.717, 1.165) is 16.7 Å². The molecule has 1 fully saturated rings. The summed E-state index contributed by atoms with van der Waals surface area (Å²) in [5, 5.41) is 10.5. The maximum atomic E-state index is 10.5. The van der Waals surface area contributed by atoms with Gasteiger partial charge in [0.25, 0.3) is 0 Å². The molecular formula is C18H21NO. The minimum Gasteiger partial charge on any atom is -0.384 e. The van der Waals surface area contributed by atoms with Crippen molar-refractivity contribution in [2.75, 3.05) is 6.54 Å². The van der Waals surface area contributed by atoms with Gasteiger partial charge in [-0.1, -0.05) is 48.5 Å². The van der Waals surface area contributed by atoms with Crippen molar-refractivity contribution in [3.05, 3.63) is 70.8 Å². The molecule has 1 aliphatic carbocycles. The van der Waals surface area contributed by atoms with E-state index in [1.54, 1.807) is 0 Å². The Morgan fingerprint density at radius 2 is 1.75 bits per heavy atom. The number of aliphatic hydroxyl groups is 1. The van der Waals surface area contributed by atoms with E-state index in [9.17, 15) is 5.11 Å². The van der Waals surface area contributed by atoms with Gasteiger partial charge in [0.1, 0.15) is 6.10 Å². The van der Waals surface area contributed by atoms with Crippen LogP contribution < -0.4 is 5.73 Å². The third kappa shape index (κ3) is 2.26. The quantitative estimate of drug-likeness (QED) is 0.894. The van der Waals surface area contributed by atoms with Crippen LogP contribution in [0.1, 0.15) is 41.2 Å². The number of aryl methyl sites for hydroxylation is 1. The Kier molecular flexibility index (Phi) is 3.36. The molecule has 0 heterocycles. The molecule has 0 aliphatic heterocycles. The minimum atomic E-state index is -0.557. The number of hydrogen-bond donors (Lipinski definition) is 2. The van der Waals surface area contributed by atoms with Gasteiger partial charge in [-0.15, -0.1) is 0 Å². The van der Waals surface area contributed by atoms with Crippen LogP contribution in [0, 0.1) is 6.92 Å². The van der Waals surface area contributed by atoms with Gasteiger partial charge in [-0.3, -0.25) is 0 Å². The fraction of sp³-hybridized carbons (Fsp3) is 0.333. The van der Waals surface area contributed by atoms with E-state index in [0.29, 0.717) is 6.54 Å². The summed E-state index contributed by atoms with van der Waals surface area (Å²) in [5.41, 5.74) is 10.4. The van der Waals surface area contributed by atoms with Crippen molar-refractivity contribution in [3.63, 3.8) is 0 Å². The highest BCUT2D eigenvalue weighted by molar-refractivity contribution is 5.39. The number of benzene rings is 2. The molecule has 104 valence electrons. The predicted molar refractivity (Wildman–Crippen MR) is 81.6 cm³/mol. The lowest BCUT2D eigenvalue weighted by Gasteiger charge is -2.17. The van der Waals surface area contributed by atoms with Crippen LogP contribution in [0.4, 0.5) is 0 Å². The van der Waals surface area contributed by atoms with Crippen LogP contribution in [0.2, 0.25) is 0 Å². The summed E-state index contributed by atoms with van der Waals surface area (Å²) in [7, 11) is 0. The van der Waals surface area contributed by atoms with Crippen LogP contribution in [0.5, 0.6) is 0 Å². The van der Waals surface area contributed by atoms with Gasteiger partial charge in [0.05, 0.1) is 0 Å². The molecule has 1 atom stereocenters. The van der Waals surface area contributed by atoms with E-state index in [-0.39, 0.29) is 5.41 Å². The van der Waals surface area contributed by atoms with E-state index < -0.39 is 6.10 Å². The number of aliphatic hydroxyl groups excluding tert-OH is 1. The van der Waals surface area contributed by atoms with Gasteiger partial charge in [0.2, 0.25) is 0 Å². The fourth-order valence-electron chi connectivity index (χ4n) is 2.85. The first-order chi connectivity index (χ1) is 9.66. The summed E-state index contributed by atoms with van der Waals surface area (Å²) in [6, 6.07) is 16.3. The highest BCUT2D eigenvalue weighted by Gasteiger charge is 2.42. The van der Waals surface area contributed by atoms with E-state index in [4.69, 9.17) is 5.73 Å². The molecule has 1 unspecified atom stereocenters. The normalized spacial score (nSPS) is 17.8. The van der Waals surface area contributed by atoms with Crippen molar-refractivity contribution in [3.8, 4) is 0 Å². The van der Waals surface area contributed by atoms with Crippen LogP contribution in [0.3, 0.4) is 0 Å². The maximum absolute atomic E-state index is 10.5. The first-order valence-corrected chi connectivity index (χ1v) is 7.20. The Balaban J connectivity index is 1.86. The van der Waals surface area contributed by atoms with Crippen molar-refractivity contribution in [2.45, 2.75) is 31.3 Å². The molecule has 2 aromatic rings. The summed E-state index contributed by atoms with van der Waals surface area (Å²) in [4.78, 5) is 0. The molecule has 3 N–H and O–H groups in total. The van der Waals surface area contributed by atoms with E-state index >= 15 is 0 Å². The molecule has 20 heavy (non-hydrogen) atoms. The van der Waals surface area contributed by atoms with Gasteiger partial charge < -0.3 is 10.8 Å². The standard InChI is InChI=1S/C18H21NO/c1-13-4-2-3-5-16(13)17(20)14-6-8-15(9-7-14)18(12-19)10-11-18/h2-9,17,20H,10-12,19H2,1H3. The Morgan fingerprint density at radius 1 is 1.10 bits per heavy atom. The lowest BCUT2D eigenvalue weighted by Crippen LogP contribution is -2.19. The molecule has 3 rings (SSSR count). The van der Waals surface area contributed by atoms with Crippen molar-refractivity contribution in [1.82, 2.24) is 0 Å². The van der Waals surface area contributed by atoms with Crippen LogP contribution in [-0.2, 0) is 5.41 Å². The predicted octanol–water partition coefficient (Wildman–Crippen LogP) is 3.07. The summed E-state index contributed by atoms with van der Waals surface area (Å²) in [6.45, 7) is 2.74. The molecule has 0 amide bonds. The molecule has 0 radical (unpaired) electrons. The molecule has 2 heteroatoms. The molecule has 0 saturated heterocycles. The molecule has 2 aromatic carbocycles. The second-order valence-electron chi connectivity index (χ2n) is 5.87. The summed E-state index contributed by atoms with van der Waals surface area (Å²) < 4.78 is 0. The summed E-state index contributed by atoms with van der Waals surface area (Å²) in [6.07, 6.45) is 1.81. The van der Waals surface area contributed by atoms with Crippen LogP contribution in [0.25, 0.3) is 0 Å². The lowest BCUT2D eigenvalue weighted by atomic mass is 9.92. The monoisotopic (exact) mass is 267 g/mol. The van der Waals surface area contributed by atoms with Gasteiger partial charge in [-0.2, -0.15) is 0 Å². The number of rotatable bonds is 4. The second kappa shape index (κ2) is 5.04. The van der Waals surface area contributed by atoms with E-state index in [2.05, 4.69) is 12.1 Å². The first kappa shape index (κ1) is 13.3. The molecular weight excluding hydrogens is 246 g/mol. The minimum absolute atomic E-state index is 0.214. The highest BCUT2D eigenvalue weighted by Crippen LogP contribution is 2.47. The van der Waals surface area contributed by atoms with Crippen molar-refractivity contribution >= 4 is 0 Å². The first-order valence-electron chi connectivity index (χ1n) is 7.20. The van der Waals surface area contributed by atoms with Gasteiger partial charge >= 0.3 is 0 Å². The van der Waals surface area contributed by atoms with Crippen molar-refractivity contribution in [1.29, 1.82) is 0 Å². The van der Waals surface area contributed by atoms with Gasteiger partial charge in [-0.25, -0.2) is 0 Å². The molecule has 1 aliphatic rings. The zero-order valence-electron chi connectivity index (χ0n) is 11.8. The lowest BCUT2D eigenvalue weighted by molar-refractivity contribution is 0.219. The molecule has 1 saturated carbocycles. The molecule has 0 aromatic heterocycles. The highest BCUT2D eigenvalue weighted by atomic mass is 16.3.